The number of amides is 1. The Balaban J connectivity index is 1.99. The number of carbonyl (C=O) groups is 1. The van der Waals surface area contributed by atoms with E-state index in [9.17, 15) is 4.79 Å². The van der Waals surface area contributed by atoms with E-state index in [0.717, 1.165) is 22.8 Å². The Kier molecular flexibility index (Phi) is 6.00. The van der Waals surface area contributed by atoms with Gasteiger partial charge in [-0.25, -0.2) is 0 Å². The molecule has 0 saturated carbocycles. The van der Waals surface area contributed by atoms with Crippen molar-refractivity contribution in [1.29, 1.82) is 0 Å². The van der Waals surface area contributed by atoms with Crippen LogP contribution in [0.15, 0.2) is 23.1 Å². The minimum absolute atomic E-state index is 0.169. The Bertz CT molecular complexity index is 509. The molecule has 5 heteroatoms. The smallest absolute Gasteiger partial charge is 0.233 e. The highest BCUT2D eigenvalue weighted by Gasteiger charge is 2.20. The van der Waals surface area contributed by atoms with Crippen LogP contribution >= 0.6 is 11.8 Å². The van der Waals surface area contributed by atoms with Crippen molar-refractivity contribution in [2.75, 3.05) is 19.0 Å². The second-order valence-electron chi connectivity index (χ2n) is 5.94. The van der Waals surface area contributed by atoms with Crippen LogP contribution in [0.4, 0.5) is 0 Å². The molecule has 0 atom stereocenters. The van der Waals surface area contributed by atoms with Crippen LogP contribution in [0.3, 0.4) is 0 Å². The van der Waals surface area contributed by atoms with Gasteiger partial charge >= 0.3 is 0 Å². The molecule has 0 aliphatic carbocycles. The summed E-state index contributed by atoms with van der Waals surface area (Å²) in [5.74, 6) is 2.18. The molecule has 1 amide bonds. The number of hydrogen-bond acceptors (Lipinski definition) is 4. The molecule has 2 rings (SSSR count). The van der Waals surface area contributed by atoms with E-state index in [1.54, 1.807) is 11.8 Å². The number of hydrogen-bond donors (Lipinski definition) is 0. The quantitative estimate of drug-likeness (QED) is 0.776. The van der Waals surface area contributed by atoms with Crippen molar-refractivity contribution in [1.82, 2.24) is 4.90 Å². The van der Waals surface area contributed by atoms with Gasteiger partial charge in [-0.3, -0.25) is 4.79 Å². The van der Waals surface area contributed by atoms with Gasteiger partial charge in [0.05, 0.1) is 19.0 Å². The van der Waals surface area contributed by atoms with Gasteiger partial charge in [-0.1, -0.05) is 0 Å². The molecule has 1 aliphatic heterocycles. The number of nitrogens with zero attached hydrogens (tertiary/aromatic N) is 1. The molecule has 0 radical (unpaired) electrons. The molecule has 22 heavy (non-hydrogen) atoms. The molecular weight excluding hydrogens is 298 g/mol. The third-order valence-corrected chi connectivity index (χ3v) is 4.46. The van der Waals surface area contributed by atoms with Crippen molar-refractivity contribution in [3.63, 3.8) is 0 Å². The zero-order valence-corrected chi connectivity index (χ0v) is 14.6. The van der Waals surface area contributed by atoms with E-state index in [1.165, 1.54) is 0 Å². The Labute approximate surface area is 137 Å². The predicted octanol–water partition coefficient (Wildman–Crippen LogP) is 3.59. The van der Waals surface area contributed by atoms with Crippen LogP contribution in [0.25, 0.3) is 0 Å². The third-order valence-electron chi connectivity index (χ3n) is 3.48. The Morgan fingerprint density at radius 1 is 1.14 bits per heavy atom. The SMILES string of the molecule is CC(C)N(C(=O)CSc1ccc2c(c1)OCCCO2)C(C)C. The summed E-state index contributed by atoms with van der Waals surface area (Å²) in [7, 11) is 0. The number of rotatable bonds is 5. The Morgan fingerprint density at radius 2 is 1.77 bits per heavy atom. The second kappa shape index (κ2) is 7.77. The van der Waals surface area contributed by atoms with E-state index >= 15 is 0 Å². The zero-order chi connectivity index (χ0) is 16.1. The zero-order valence-electron chi connectivity index (χ0n) is 13.8. The Morgan fingerprint density at radius 3 is 2.41 bits per heavy atom. The fraction of sp³-hybridized carbons (Fsp3) is 0.588. The lowest BCUT2D eigenvalue weighted by atomic mass is 10.2. The molecule has 4 nitrogen and oxygen atoms in total. The number of carbonyl (C=O) groups excluding carboxylic acids is 1. The van der Waals surface area contributed by atoms with Gasteiger partial charge in [0.25, 0.3) is 0 Å². The fourth-order valence-electron chi connectivity index (χ4n) is 2.63. The molecule has 0 N–H and O–H groups in total. The maximum Gasteiger partial charge on any atom is 0.233 e. The van der Waals surface area contributed by atoms with Gasteiger partial charge < -0.3 is 14.4 Å². The van der Waals surface area contributed by atoms with Crippen molar-refractivity contribution >= 4 is 17.7 Å². The summed E-state index contributed by atoms with van der Waals surface area (Å²) in [5.41, 5.74) is 0. The third kappa shape index (κ3) is 4.32. The van der Waals surface area contributed by atoms with Crippen LogP contribution in [-0.2, 0) is 4.79 Å². The van der Waals surface area contributed by atoms with E-state index in [0.29, 0.717) is 19.0 Å². The molecule has 1 aromatic carbocycles. The second-order valence-corrected chi connectivity index (χ2v) is 6.98. The molecule has 0 saturated heterocycles. The standard InChI is InChI=1S/C17H25NO3S/c1-12(2)18(13(3)4)17(19)11-22-14-6-7-15-16(10-14)21-9-5-8-20-15/h6-7,10,12-13H,5,8-9,11H2,1-4H3. The van der Waals surface area contributed by atoms with Crippen LogP contribution in [-0.4, -0.2) is 41.9 Å². The number of fused-ring (bicyclic) bond motifs is 1. The van der Waals surface area contributed by atoms with E-state index in [1.807, 2.05) is 23.1 Å². The first kappa shape index (κ1) is 17.0. The first-order valence-electron chi connectivity index (χ1n) is 7.82. The van der Waals surface area contributed by atoms with Crippen LogP contribution < -0.4 is 9.47 Å². The number of ether oxygens (including phenoxy) is 2. The lowest BCUT2D eigenvalue weighted by Crippen LogP contribution is -2.43. The highest BCUT2D eigenvalue weighted by molar-refractivity contribution is 8.00. The molecule has 0 bridgehead atoms. The summed E-state index contributed by atoms with van der Waals surface area (Å²) in [5, 5.41) is 0. The molecule has 0 unspecified atom stereocenters. The molecule has 1 heterocycles. The summed E-state index contributed by atoms with van der Waals surface area (Å²) >= 11 is 1.54. The van der Waals surface area contributed by atoms with E-state index in [-0.39, 0.29) is 18.0 Å². The van der Waals surface area contributed by atoms with E-state index in [2.05, 4.69) is 27.7 Å². The highest BCUT2D eigenvalue weighted by atomic mass is 32.2. The number of benzene rings is 1. The molecule has 122 valence electrons. The topological polar surface area (TPSA) is 38.8 Å². The first-order chi connectivity index (χ1) is 10.5. The van der Waals surface area contributed by atoms with Crippen LogP contribution in [0.1, 0.15) is 34.1 Å². The van der Waals surface area contributed by atoms with Gasteiger partial charge in [0.2, 0.25) is 5.91 Å². The maximum atomic E-state index is 12.4. The fourth-order valence-corrected chi connectivity index (χ4v) is 3.42. The number of thioether (sulfide) groups is 1. The van der Waals surface area contributed by atoms with Crippen molar-refractivity contribution in [3.8, 4) is 11.5 Å². The normalized spacial score (nSPS) is 14.1. The lowest BCUT2D eigenvalue weighted by Gasteiger charge is -2.30. The van der Waals surface area contributed by atoms with Gasteiger partial charge in [-0.05, 0) is 45.9 Å². The summed E-state index contributed by atoms with van der Waals surface area (Å²) in [6, 6.07) is 6.32. The van der Waals surface area contributed by atoms with Crippen LogP contribution in [0.5, 0.6) is 11.5 Å². The minimum atomic E-state index is 0.169. The van der Waals surface area contributed by atoms with Crippen molar-refractivity contribution < 1.29 is 14.3 Å². The Hall–Kier alpha value is -1.36. The molecule has 1 aliphatic rings. The molecule has 1 aromatic rings. The van der Waals surface area contributed by atoms with Crippen molar-refractivity contribution in [3.05, 3.63) is 18.2 Å². The summed E-state index contributed by atoms with van der Waals surface area (Å²) in [6.45, 7) is 9.57. The average Bonchev–Trinajstić information content (AvgIpc) is 2.68. The minimum Gasteiger partial charge on any atom is -0.490 e. The van der Waals surface area contributed by atoms with Crippen molar-refractivity contribution in [2.45, 2.75) is 51.1 Å². The van der Waals surface area contributed by atoms with Gasteiger partial charge in [0, 0.05) is 23.4 Å². The van der Waals surface area contributed by atoms with Gasteiger partial charge in [0.1, 0.15) is 0 Å². The largest absolute Gasteiger partial charge is 0.490 e. The predicted molar refractivity (Wildman–Crippen MR) is 89.9 cm³/mol. The summed E-state index contributed by atoms with van der Waals surface area (Å²) < 4.78 is 11.3. The molecule has 0 spiro atoms. The monoisotopic (exact) mass is 323 g/mol. The maximum absolute atomic E-state index is 12.4. The molecule has 0 aromatic heterocycles. The molecule has 0 fully saturated rings. The average molecular weight is 323 g/mol. The van der Waals surface area contributed by atoms with Gasteiger partial charge in [-0.15, -0.1) is 11.8 Å². The van der Waals surface area contributed by atoms with E-state index in [4.69, 9.17) is 9.47 Å². The highest BCUT2D eigenvalue weighted by Crippen LogP contribution is 2.34. The van der Waals surface area contributed by atoms with Crippen LogP contribution in [0, 0.1) is 0 Å². The lowest BCUT2D eigenvalue weighted by molar-refractivity contribution is -0.131. The summed E-state index contributed by atoms with van der Waals surface area (Å²) in [4.78, 5) is 15.4. The summed E-state index contributed by atoms with van der Waals surface area (Å²) in [6.07, 6.45) is 0.896. The van der Waals surface area contributed by atoms with Gasteiger partial charge in [-0.2, -0.15) is 0 Å². The molecular formula is C17H25NO3S. The van der Waals surface area contributed by atoms with E-state index < -0.39 is 0 Å². The van der Waals surface area contributed by atoms with Crippen molar-refractivity contribution in [2.24, 2.45) is 0 Å². The first-order valence-corrected chi connectivity index (χ1v) is 8.81. The van der Waals surface area contributed by atoms with Gasteiger partial charge in [0.15, 0.2) is 11.5 Å². The van der Waals surface area contributed by atoms with Crippen LogP contribution in [0.2, 0.25) is 0 Å².